The van der Waals surface area contributed by atoms with Crippen molar-refractivity contribution in [2.24, 2.45) is 0 Å². The number of carbonyl (C=O) groups is 1. The largest absolute Gasteiger partial charge is 0.489 e. The molecule has 26 heavy (non-hydrogen) atoms. The molecule has 7 heteroatoms. The average Bonchev–Trinajstić information content (AvgIpc) is 3.05. The Morgan fingerprint density at radius 1 is 1.42 bits per heavy atom. The molecule has 3 rings (SSSR count). The van der Waals surface area contributed by atoms with E-state index in [1.54, 1.807) is 6.92 Å². The van der Waals surface area contributed by atoms with Crippen LogP contribution in [-0.2, 0) is 4.79 Å². The molecule has 0 unspecified atom stereocenters. The van der Waals surface area contributed by atoms with Crippen LogP contribution in [0.15, 0.2) is 30.5 Å². The summed E-state index contributed by atoms with van der Waals surface area (Å²) in [6, 6.07) is 7.80. The van der Waals surface area contributed by atoms with Gasteiger partial charge in [0.15, 0.2) is 11.6 Å². The molecule has 138 valence electrons. The van der Waals surface area contributed by atoms with Crippen molar-refractivity contribution in [2.75, 3.05) is 18.0 Å². The Labute approximate surface area is 157 Å². The molecular formula is C19H21ClFN3O2. The fraction of sp³-hybridized carbons (Fsp3) is 0.421. The predicted octanol–water partition coefficient (Wildman–Crippen LogP) is 4.01. The van der Waals surface area contributed by atoms with E-state index >= 15 is 0 Å². The van der Waals surface area contributed by atoms with Gasteiger partial charge in [-0.15, -0.1) is 0 Å². The summed E-state index contributed by atoms with van der Waals surface area (Å²) in [4.78, 5) is 20.7. The topological polar surface area (TPSA) is 55.3 Å². The summed E-state index contributed by atoms with van der Waals surface area (Å²) in [7, 11) is 0. The zero-order valence-electron chi connectivity index (χ0n) is 14.8. The van der Waals surface area contributed by atoms with E-state index in [9.17, 15) is 9.18 Å². The fourth-order valence-electron chi connectivity index (χ4n) is 3.19. The third-order valence-electron chi connectivity index (χ3n) is 4.49. The van der Waals surface area contributed by atoms with Crippen LogP contribution in [0, 0.1) is 5.82 Å². The molecule has 0 amide bonds. The summed E-state index contributed by atoms with van der Waals surface area (Å²) < 4.78 is 19.9. The van der Waals surface area contributed by atoms with Crippen molar-refractivity contribution in [3.8, 4) is 5.75 Å². The first kappa shape index (κ1) is 18.6. The molecule has 1 aromatic carbocycles. The number of rotatable bonds is 6. The second kappa shape index (κ2) is 7.99. The Hall–Kier alpha value is -2.21. The van der Waals surface area contributed by atoms with Gasteiger partial charge in [-0.1, -0.05) is 19.1 Å². The summed E-state index contributed by atoms with van der Waals surface area (Å²) in [6.07, 6.45) is 2.33. The minimum absolute atomic E-state index is 0.0287. The Morgan fingerprint density at radius 3 is 2.85 bits per heavy atom. The van der Waals surface area contributed by atoms with Gasteiger partial charge < -0.3 is 14.4 Å². The number of aromatic nitrogens is 2. The summed E-state index contributed by atoms with van der Waals surface area (Å²) in [6.45, 7) is 4.82. The first-order valence-corrected chi connectivity index (χ1v) is 8.99. The van der Waals surface area contributed by atoms with E-state index in [1.165, 1.54) is 0 Å². The lowest BCUT2D eigenvalue weighted by molar-refractivity contribution is -0.117. The minimum Gasteiger partial charge on any atom is -0.489 e. The summed E-state index contributed by atoms with van der Waals surface area (Å²) >= 11 is 5.77. The highest BCUT2D eigenvalue weighted by Crippen LogP contribution is 2.26. The smallest absolute Gasteiger partial charge is 0.224 e. The van der Waals surface area contributed by atoms with Crippen LogP contribution < -0.4 is 9.64 Å². The van der Waals surface area contributed by atoms with Crippen LogP contribution in [0.5, 0.6) is 5.75 Å². The Morgan fingerprint density at radius 2 is 2.15 bits per heavy atom. The van der Waals surface area contributed by atoms with Gasteiger partial charge in [0, 0.05) is 19.4 Å². The van der Waals surface area contributed by atoms with Gasteiger partial charge in [0.1, 0.15) is 17.6 Å². The lowest BCUT2D eigenvalue weighted by atomic mass is 9.96. The standard InChI is InChI=1S/C19H21ClFN3O2/c1-12(9-13(2)25)14-3-5-15(6-4-14)26-16-7-8-24(11-16)18-17(21)10-22-19(20)23-18/h3-6,10,12,16H,7-9,11H2,1-2H3/t12-,16-/m1/s1. The third kappa shape index (κ3) is 4.49. The van der Waals surface area contributed by atoms with Crippen LogP contribution in [0.1, 0.15) is 38.2 Å². The van der Waals surface area contributed by atoms with Crippen molar-refractivity contribution < 1.29 is 13.9 Å². The second-order valence-electron chi connectivity index (χ2n) is 6.66. The number of halogens is 2. The van der Waals surface area contributed by atoms with Gasteiger partial charge in [-0.3, -0.25) is 0 Å². The van der Waals surface area contributed by atoms with Gasteiger partial charge in [-0.25, -0.2) is 9.37 Å². The molecule has 5 nitrogen and oxygen atoms in total. The zero-order chi connectivity index (χ0) is 18.7. The molecule has 0 aliphatic carbocycles. The highest BCUT2D eigenvalue weighted by molar-refractivity contribution is 6.28. The van der Waals surface area contributed by atoms with Crippen LogP contribution in [0.4, 0.5) is 10.2 Å². The Balaban J connectivity index is 1.60. The minimum atomic E-state index is -0.487. The van der Waals surface area contributed by atoms with E-state index in [1.807, 2.05) is 36.1 Å². The van der Waals surface area contributed by atoms with Crippen LogP contribution in [0.3, 0.4) is 0 Å². The SMILES string of the molecule is CC(=O)C[C@@H](C)c1ccc(O[C@@H]2CCN(c3nc(Cl)ncc3F)C2)cc1. The van der Waals surface area contributed by atoms with E-state index in [2.05, 4.69) is 9.97 Å². The highest BCUT2D eigenvalue weighted by atomic mass is 35.5. The number of hydrogen-bond acceptors (Lipinski definition) is 5. The zero-order valence-corrected chi connectivity index (χ0v) is 15.5. The van der Waals surface area contributed by atoms with E-state index in [4.69, 9.17) is 16.3 Å². The lowest BCUT2D eigenvalue weighted by Gasteiger charge is -2.18. The van der Waals surface area contributed by atoms with E-state index in [-0.39, 0.29) is 28.9 Å². The molecule has 0 saturated carbocycles. The third-order valence-corrected chi connectivity index (χ3v) is 4.67. The molecule has 2 heterocycles. The normalized spacial score (nSPS) is 18.0. The molecule has 1 fully saturated rings. The van der Waals surface area contributed by atoms with Gasteiger partial charge in [0.05, 0.1) is 12.7 Å². The van der Waals surface area contributed by atoms with Crippen molar-refractivity contribution >= 4 is 23.2 Å². The van der Waals surface area contributed by atoms with E-state index in [0.29, 0.717) is 19.5 Å². The number of ether oxygens (including phenoxy) is 1. The first-order valence-electron chi connectivity index (χ1n) is 8.61. The first-order chi connectivity index (χ1) is 12.4. The maximum atomic E-state index is 13.9. The summed E-state index contributed by atoms with van der Waals surface area (Å²) in [5.41, 5.74) is 1.11. The van der Waals surface area contributed by atoms with Crippen LogP contribution in [0.2, 0.25) is 5.28 Å². The van der Waals surface area contributed by atoms with Crippen LogP contribution >= 0.6 is 11.6 Å². The average molecular weight is 378 g/mol. The van der Waals surface area contributed by atoms with Gasteiger partial charge in [0.25, 0.3) is 0 Å². The molecule has 0 bridgehead atoms. The Kier molecular flexibility index (Phi) is 5.71. The van der Waals surface area contributed by atoms with Crippen molar-refractivity contribution in [3.05, 3.63) is 47.1 Å². The number of anilines is 1. The number of nitrogens with zero attached hydrogens (tertiary/aromatic N) is 3. The van der Waals surface area contributed by atoms with Gasteiger partial charge in [0.2, 0.25) is 5.28 Å². The van der Waals surface area contributed by atoms with E-state index < -0.39 is 5.82 Å². The molecule has 0 spiro atoms. The maximum absolute atomic E-state index is 13.9. The summed E-state index contributed by atoms with van der Waals surface area (Å²) in [5, 5.41) is 0.0287. The number of Topliss-reactive ketones (excluding diaryl/α,β-unsaturated/α-hetero) is 1. The van der Waals surface area contributed by atoms with Crippen LogP contribution in [-0.4, -0.2) is 34.9 Å². The lowest BCUT2D eigenvalue weighted by Crippen LogP contribution is -2.26. The molecule has 1 aliphatic heterocycles. The molecule has 2 aromatic rings. The molecular weight excluding hydrogens is 357 g/mol. The predicted molar refractivity (Wildman–Crippen MR) is 98.4 cm³/mol. The molecule has 1 saturated heterocycles. The number of carbonyl (C=O) groups excluding carboxylic acids is 1. The maximum Gasteiger partial charge on any atom is 0.224 e. The number of benzene rings is 1. The van der Waals surface area contributed by atoms with Gasteiger partial charge in [-0.05, 0) is 42.1 Å². The molecule has 0 radical (unpaired) electrons. The van der Waals surface area contributed by atoms with Crippen molar-refractivity contribution in [1.29, 1.82) is 0 Å². The molecule has 2 atom stereocenters. The molecule has 1 aromatic heterocycles. The molecule has 0 N–H and O–H groups in total. The molecule has 1 aliphatic rings. The quantitative estimate of drug-likeness (QED) is 0.712. The van der Waals surface area contributed by atoms with E-state index in [0.717, 1.165) is 23.9 Å². The number of hydrogen-bond donors (Lipinski definition) is 0. The fourth-order valence-corrected chi connectivity index (χ4v) is 3.32. The van der Waals surface area contributed by atoms with Crippen molar-refractivity contribution in [1.82, 2.24) is 9.97 Å². The summed E-state index contributed by atoms with van der Waals surface area (Å²) in [5.74, 6) is 0.857. The van der Waals surface area contributed by atoms with Gasteiger partial charge in [-0.2, -0.15) is 4.98 Å². The van der Waals surface area contributed by atoms with Crippen molar-refractivity contribution in [2.45, 2.75) is 38.7 Å². The monoisotopic (exact) mass is 377 g/mol. The van der Waals surface area contributed by atoms with Crippen LogP contribution in [0.25, 0.3) is 0 Å². The van der Waals surface area contributed by atoms with Gasteiger partial charge >= 0.3 is 0 Å². The highest BCUT2D eigenvalue weighted by Gasteiger charge is 2.27. The second-order valence-corrected chi connectivity index (χ2v) is 7.00. The van der Waals surface area contributed by atoms with Crippen molar-refractivity contribution in [3.63, 3.8) is 0 Å². The number of ketones is 1. The Bertz CT molecular complexity index is 785.